The molecule has 26 heavy (non-hydrogen) atoms. The zero-order valence-electron chi connectivity index (χ0n) is 13.5. The van der Waals surface area contributed by atoms with Crippen molar-refractivity contribution < 1.29 is 22.8 Å². The first-order chi connectivity index (χ1) is 12.5. The molecular formula is C19H14F2N2O3. The van der Waals surface area contributed by atoms with Gasteiger partial charge in [0.1, 0.15) is 11.6 Å². The summed E-state index contributed by atoms with van der Waals surface area (Å²) in [6, 6.07) is 12.6. The molecule has 0 spiro atoms. The molecule has 1 aromatic heterocycles. The number of hydrogen-bond donors (Lipinski definition) is 2. The number of furan rings is 1. The quantitative estimate of drug-likeness (QED) is 0.732. The second-order valence-corrected chi connectivity index (χ2v) is 5.47. The van der Waals surface area contributed by atoms with E-state index in [0.717, 1.165) is 12.1 Å². The third kappa shape index (κ3) is 4.32. The van der Waals surface area contributed by atoms with Crippen LogP contribution in [0.25, 0.3) is 0 Å². The van der Waals surface area contributed by atoms with Gasteiger partial charge in [0.2, 0.25) is 0 Å². The summed E-state index contributed by atoms with van der Waals surface area (Å²) < 4.78 is 31.4. The molecule has 0 bridgehead atoms. The van der Waals surface area contributed by atoms with Crippen molar-refractivity contribution >= 4 is 17.5 Å². The van der Waals surface area contributed by atoms with Gasteiger partial charge < -0.3 is 15.1 Å². The summed E-state index contributed by atoms with van der Waals surface area (Å²) in [5.41, 5.74) is 1.12. The lowest BCUT2D eigenvalue weighted by atomic mass is 10.1. The van der Waals surface area contributed by atoms with E-state index < -0.39 is 23.4 Å². The van der Waals surface area contributed by atoms with Crippen molar-refractivity contribution in [1.29, 1.82) is 0 Å². The summed E-state index contributed by atoms with van der Waals surface area (Å²) in [6.45, 7) is 0.126. The number of carbonyl (C=O) groups excluding carboxylic acids is 2. The van der Waals surface area contributed by atoms with Gasteiger partial charge >= 0.3 is 0 Å². The highest BCUT2D eigenvalue weighted by Gasteiger charge is 2.11. The first kappa shape index (κ1) is 17.3. The van der Waals surface area contributed by atoms with Gasteiger partial charge in [-0.25, -0.2) is 8.78 Å². The normalized spacial score (nSPS) is 10.4. The first-order valence-corrected chi connectivity index (χ1v) is 7.69. The van der Waals surface area contributed by atoms with Gasteiger partial charge in [0.15, 0.2) is 5.76 Å². The molecule has 0 fully saturated rings. The molecule has 0 saturated heterocycles. The van der Waals surface area contributed by atoms with Crippen LogP contribution in [-0.2, 0) is 6.54 Å². The van der Waals surface area contributed by atoms with Gasteiger partial charge in [-0.3, -0.25) is 9.59 Å². The molecule has 2 amide bonds. The number of hydrogen-bond acceptors (Lipinski definition) is 3. The summed E-state index contributed by atoms with van der Waals surface area (Å²) in [5, 5.41) is 5.25. The van der Waals surface area contributed by atoms with E-state index in [1.165, 1.54) is 12.3 Å². The van der Waals surface area contributed by atoms with Gasteiger partial charge in [-0.15, -0.1) is 0 Å². The van der Waals surface area contributed by atoms with Crippen LogP contribution in [0.4, 0.5) is 14.5 Å². The molecule has 3 aromatic rings. The van der Waals surface area contributed by atoms with Crippen LogP contribution in [0.5, 0.6) is 0 Å². The summed E-state index contributed by atoms with van der Waals surface area (Å²) >= 11 is 0. The fourth-order valence-corrected chi connectivity index (χ4v) is 2.33. The molecule has 0 aliphatic carbocycles. The standard InChI is InChI=1S/C19H14F2N2O3/c20-14-8-13(9-15(21)10-14)18(24)22-11-12-3-1-4-16(7-12)23-19(25)17-5-2-6-26-17/h1-10H,11H2,(H,22,24)(H,23,25). The van der Waals surface area contributed by atoms with Crippen LogP contribution in [0.2, 0.25) is 0 Å². The minimum absolute atomic E-state index is 0.107. The molecule has 0 aliphatic rings. The Morgan fingerprint density at radius 2 is 1.69 bits per heavy atom. The van der Waals surface area contributed by atoms with Gasteiger partial charge in [-0.1, -0.05) is 12.1 Å². The van der Waals surface area contributed by atoms with Crippen LogP contribution in [0.1, 0.15) is 26.5 Å². The molecule has 0 atom stereocenters. The highest BCUT2D eigenvalue weighted by Crippen LogP contribution is 2.13. The average Bonchev–Trinajstić information content (AvgIpc) is 3.14. The maximum atomic E-state index is 13.2. The smallest absolute Gasteiger partial charge is 0.291 e. The molecule has 0 unspecified atom stereocenters. The summed E-state index contributed by atoms with van der Waals surface area (Å²) in [6.07, 6.45) is 1.40. The largest absolute Gasteiger partial charge is 0.459 e. The van der Waals surface area contributed by atoms with Crippen LogP contribution in [0, 0.1) is 11.6 Å². The van der Waals surface area contributed by atoms with E-state index >= 15 is 0 Å². The lowest BCUT2D eigenvalue weighted by Crippen LogP contribution is -2.23. The molecule has 7 heteroatoms. The average molecular weight is 356 g/mol. The van der Waals surface area contributed by atoms with Crippen LogP contribution in [0.15, 0.2) is 65.3 Å². The van der Waals surface area contributed by atoms with Crippen molar-refractivity contribution in [3.05, 3.63) is 89.4 Å². The Kier molecular flexibility index (Phi) is 5.07. The molecule has 132 valence electrons. The molecule has 0 saturated carbocycles. The highest BCUT2D eigenvalue weighted by molar-refractivity contribution is 6.02. The van der Waals surface area contributed by atoms with Crippen LogP contribution in [-0.4, -0.2) is 11.8 Å². The predicted molar refractivity (Wildman–Crippen MR) is 90.6 cm³/mol. The molecule has 2 aromatic carbocycles. The maximum Gasteiger partial charge on any atom is 0.291 e. The second-order valence-electron chi connectivity index (χ2n) is 5.47. The van der Waals surface area contributed by atoms with E-state index in [2.05, 4.69) is 10.6 Å². The van der Waals surface area contributed by atoms with Gasteiger partial charge in [-0.05, 0) is 42.0 Å². The number of carbonyl (C=O) groups is 2. The van der Waals surface area contributed by atoms with E-state index in [-0.39, 0.29) is 17.9 Å². The Morgan fingerprint density at radius 3 is 2.38 bits per heavy atom. The van der Waals surface area contributed by atoms with E-state index in [9.17, 15) is 18.4 Å². The SMILES string of the molecule is O=C(NCc1cccc(NC(=O)c2ccco2)c1)c1cc(F)cc(F)c1. The fourth-order valence-electron chi connectivity index (χ4n) is 2.33. The molecule has 5 nitrogen and oxygen atoms in total. The van der Waals surface area contributed by atoms with Crippen LogP contribution >= 0.6 is 0 Å². The minimum Gasteiger partial charge on any atom is -0.459 e. The zero-order valence-corrected chi connectivity index (χ0v) is 13.5. The molecule has 2 N–H and O–H groups in total. The van der Waals surface area contributed by atoms with Gasteiger partial charge in [0.25, 0.3) is 11.8 Å². The molecule has 1 heterocycles. The van der Waals surface area contributed by atoms with Crippen molar-refractivity contribution in [2.45, 2.75) is 6.54 Å². The van der Waals surface area contributed by atoms with Crippen LogP contribution in [0.3, 0.4) is 0 Å². The fraction of sp³-hybridized carbons (Fsp3) is 0.0526. The lowest BCUT2D eigenvalue weighted by molar-refractivity contribution is 0.0948. The summed E-state index contributed by atoms with van der Waals surface area (Å²) in [4.78, 5) is 24.0. The lowest BCUT2D eigenvalue weighted by Gasteiger charge is -2.08. The Hall–Kier alpha value is -3.48. The van der Waals surface area contributed by atoms with Crippen molar-refractivity contribution in [2.24, 2.45) is 0 Å². The zero-order chi connectivity index (χ0) is 18.5. The second kappa shape index (κ2) is 7.60. The third-order valence-corrected chi connectivity index (χ3v) is 3.51. The molecular weight excluding hydrogens is 342 g/mol. The van der Waals surface area contributed by atoms with E-state index in [1.54, 1.807) is 30.3 Å². The monoisotopic (exact) mass is 356 g/mol. The topological polar surface area (TPSA) is 71.3 Å². The van der Waals surface area contributed by atoms with Gasteiger partial charge in [-0.2, -0.15) is 0 Å². The Balaban J connectivity index is 1.63. The molecule has 3 rings (SSSR count). The Bertz CT molecular complexity index is 919. The van der Waals surface area contributed by atoms with Gasteiger partial charge in [0.05, 0.1) is 6.26 Å². The van der Waals surface area contributed by atoms with Crippen LogP contribution < -0.4 is 10.6 Å². The number of nitrogens with one attached hydrogen (secondary N) is 2. The Morgan fingerprint density at radius 1 is 0.923 bits per heavy atom. The van der Waals surface area contributed by atoms with E-state index in [0.29, 0.717) is 17.3 Å². The number of amides is 2. The Labute approximate surface area is 147 Å². The van der Waals surface area contributed by atoms with Gasteiger partial charge in [0, 0.05) is 23.9 Å². The third-order valence-electron chi connectivity index (χ3n) is 3.51. The maximum absolute atomic E-state index is 13.2. The first-order valence-electron chi connectivity index (χ1n) is 7.69. The van der Waals surface area contributed by atoms with Crippen molar-refractivity contribution in [1.82, 2.24) is 5.32 Å². The molecule has 0 radical (unpaired) electrons. The number of anilines is 1. The summed E-state index contributed by atoms with van der Waals surface area (Å²) in [5.74, 6) is -2.47. The van der Waals surface area contributed by atoms with E-state index in [4.69, 9.17) is 4.42 Å². The van der Waals surface area contributed by atoms with Crippen molar-refractivity contribution in [2.75, 3.05) is 5.32 Å². The number of benzene rings is 2. The van der Waals surface area contributed by atoms with Crippen molar-refractivity contribution in [3.63, 3.8) is 0 Å². The number of rotatable bonds is 5. The number of halogens is 2. The van der Waals surface area contributed by atoms with E-state index in [1.807, 2.05) is 0 Å². The predicted octanol–water partition coefficient (Wildman–Crippen LogP) is 3.74. The highest BCUT2D eigenvalue weighted by atomic mass is 19.1. The summed E-state index contributed by atoms with van der Waals surface area (Å²) in [7, 11) is 0. The molecule has 0 aliphatic heterocycles. The van der Waals surface area contributed by atoms with Crippen molar-refractivity contribution in [3.8, 4) is 0 Å². The minimum atomic E-state index is -0.821.